The molecular formula is C19H31IN6O2. The number of guanidine groups is 1. The number of aromatic nitrogens is 1. The van der Waals surface area contributed by atoms with E-state index in [0.717, 1.165) is 25.2 Å². The van der Waals surface area contributed by atoms with E-state index >= 15 is 0 Å². The van der Waals surface area contributed by atoms with E-state index in [-0.39, 0.29) is 48.3 Å². The number of nitrogens with zero attached hydrogens (tertiary/aromatic N) is 3. The highest BCUT2D eigenvalue weighted by molar-refractivity contribution is 14.0. The average molecular weight is 502 g/mol. The van der Waals surface area contributed by atoms with Crippen molar-refractivity contribution >= 4 is 47.6 Å². The topological polar surface area (TPSA) is 98.7 Å². The molecule has 1 saturated heterocycles. The average Bonchev–Trinajstić information content (AvgIpc) is 3.09. The molecule has 1 aliphatic heterocycles. The first-order valence-electron chi connectivity index (χ1n) is 9.58. The van der Waals surface area contributed by atoms with Crippen LogP contribution in [-0.2, 0) is 9.59 Å². The van der Waals surface area contributed by atoms with Crippen LogP contribution in [0.2, 0.25) is 0 Å². The standard InChI is InChI=1S/C19H30N6O2.HI/c1-4-18(27)25-12-10-15(13-25)23-19(20-5-2)21-11-9-17(26)24-16-8-6-7-14(3)22-16;/h6-8,15H,4-5,9-13H2,1-3H3,(H2,20,21,23)(H,22,24,26);1H. The van der Waals surface area contributed by atoms with Crippen LogP contribution in [0.3, 0.4) is 0 Å². The predicted molar refractivity (Wildman–Crippen MR) is 122 cm³/mol. The minimum absolute atomic E-state index is 0. The van der Waals surface area contributed by atoms with Gasteiger partial charge in [0.1, 0.15) is 5.82 Å². The molecule has 0 aliphatic carbocycles. The molecule has 2 amide bonds. The zero-order valence-electron chi connectivity index (χ0n) is 16.8. The Balaban J connectivity index is 0.00000392. The Morgan fingerprint density at radius 3 is 2.79 bits per heavy atom. The second-order valence-corrected chi connectivity index (χ2v) is 6.55. The summed E-state index contributed by atoms with van der Waals surface area (Å²) in [5, 5.41) is 9.33. The lowest BCUT2D eigenvalue weighted by Gasteiger charge is -2.18. The van der Waals surface area contributed by atoms with Gasteiger partial charge in [0.2, 0.25) is 11.8 Å². The first-order chi connectivity index (χ1) is 13.0. The number of amides is 2. The Morgan fingerprint density at radius 2 is 2.11 bits per heavy atom. The van der Waals surface area contributed by atoms with Crippen LogP contribution < -0.4 is 16.0 Å². The number of pyridine rings is 1. The fourth-order valence-corrected chi connectivity index (χ4v) is 2.93. The minimum Gasteiger partial charge on any atom is -0.357 e. The molecule has 0 saturated carbocycles. The molecule has 1 unspecified atom stereocenters. The maximum absolute atomic E-state index is 12.1. The number of nitrogens with one attached hydrogen (secondary N) is 3. The van der Waals surface area contributed by atoms with E-state index in [0.29, 0.717) is 31.3 Å². The number of rotatable bonds is 7. The Kier molecular flexibility index (Phi) is 10.8. The molecular weight excluding hydrogens is 471 g/mol. The summed E-state index contributed by atoms with van der Waals surface area (Å²) in [6.45, 7) is 8.33. The van der Waals surface area contributed by atoms with Crippen LogP contribution in [0.5, 0.6) is 0 Å². The zero-order valence-corrected chi connectivity index (χ0v) is 19.2. The summed E-state index contributed by atoms with van der Waals surface area (Å²) >= 11 is 0. The fourth-order valence-electron chi connectivity index (χ4n) is 2.93. The zero-order chi connectivity index (χ0) is 19.6. The largest absolute Gasteiger partial charge is 0.357 e. The number of likely N-dealkylation sites (tertiary alicyclic amines) is 1. The fraction of sp³-hybridized carbons (Fsp3) is 0.579. The second-order valence-electron chi connectivity index (χ2n) is 6.55. The van der Waals surface area contributed by atoms with Crippen molar-refractivity contribution in [2.75, 3.05) is 31.5 Å². The molecule has 1 fully saturated rings. The lowest BCUT2D eigenvalue weighted by atomic mass is 10.3. The molecule has 0 aromatic carbocycles. The van der Waals surface area contributed by atoms with Crippen LogP contribution in [0, 0.1) is 6.92 Å². The monoisotopic (exact) mass is 502 g/mol. The number of aliphatic imine (C=N–C) groups is 1. The molecule has 2 rings (SSSR count). The van der Waals surface area contributed by atoms with E-state index in [1.165, 1.54) is 0 Å². The lowest BCUT2D eigenvalue weighted by Crippen LogP contribution is -2.45. The molecule has 0 bridgehead atoms. The quantitative estimate of drug-likeness (QED) is 0.301. The van der Waals surface area contributed by atoms with E-state index in [4.69, 9.17) is 0 Å². The Morgan fingerprint density at radius 1 is 1.32 bits per heavy atom. The van der Waals surface area contributed by atoms with Crippen LogP contribution >= 0.6 is 24.0 Å². The summed E-state index contributed by atoms with van der Waals surface area (Å²) in [5.74, 6) is 1.30. The highest BCUT2D eigenvalue weighted by Gasteiger charge is 2.25. The smallest absolute Gasteiger partial charge is 0.227 e. The van der Waals surface area contributed by atoms with Gasteiger partial charge in [-0.05, 0) is 32.4 Å². The van der Waals surface area contributed by atoms with Crippen molar-refractivity contribution in [1.29, 1.82) is 0 Å². The van der Waals surface area contributed by atoms with Gasteiger partial charge in [-0.2, -0.15) is 0 Å². The molecule has 9 heteroatoms. The molecule has 2 heterocycles. The van der Waals surface area contributed by atoms with Gasteiger partial charge in [-0.25, -0.2) is 4.98 Å². The summed E-state index contributed by atoms with van der Waals surface area (Å²) in [7, 11) is 0. The van der Waals surface area contributed by atoms with E-state index in [2.05, 4.69) is 25.9 Å². The van der Waals surface area contributed by atoms with Gasteiger partial charge in [0.05, 0.1) is 6.54 Å². The van der Waals surface area contributed by atoms with Crippen molar-refractivity contribution in [2.24, 2.45) is 4.99 Å². The van der Waals surface area contributed by atoms with Crippen molar-refractivity contribution in [3.05, 3.63) is 23.9 Å². The van der Waals surface area contributed by atoms with Gasteiger partial charge >= 0.3 is 0 Å². The summed E-state index contributed by atoms with van der Waals surface area (Å²) in [4.78, 5) is 34.5. The van der Waals surface area contributed by atoms with E-state index in [1.807, 2.05) is 37.8 Å². The van der Waals surface area contributed by atoms with Gasteiger partial charge in [-0.15, -0.1) is 24.0 Å². The van der Waals surface area contributed by atoms with E-state index in [9.17, 15) is 9.59 Å². The highest BCUT2D eigenvalue weighted by Crippen LogP contribution is 2.10. The molecule has 3 N–H and O–H groups in total. The number of hydrogen-bond donors (Lipinski definition) is 3. The van der Waals surface area contributed by atoms with Crippen LogP contribution in [0.4, 0.5) is 5.82 Å². The van der Waals surface area contributed by atoms with E-state index in [1.54, 1.807) is 6.07 Å². The SMILES string of the molecule is CCNC(=NCCC(=O)Nc1cccc(C)n1)NC1CCN(C(=O)CC)C1.I. The third-order valence-corrected chi connectivity index (χ3v) is 4.29. The number of halogens is 1. The molecule has 0 radical (unpaired) electrons. The van der Waals surface area contributed by atoms with Gasteiger partial charge in [0.25, 0.3) is 0 Å². The first kappa shape index (κ1) is 24.1. The lowest BCUT2D eigenvalue weighted by molar-refractivity contribution is -0.129. The molecule has 28 heavy (non-hydrogen) atoms. The van der Waals surface area contributed by atoms with Crippen LogP contribution in [0.1, 0.15) is 38.8 Å². The Hall–Kier alpha value is -1.91. The number of carbonyl (C=O) groups is 2. The van der Waals surface area contributed by atoms with Crippen molar-refractivity contribution in [3.8, 4) is 0 Å². The normalized spacial score (nSPS) is 16.3. The van der Waals surface area contributed by atoms with Gasteiger partial charge < -0.3 is 20.9 Å². The Bertz CT molecular complexity index is 682. The maximum atomic E-state index is 12.1. The molecule has 8 nitrogen and oxygen atoms in total. The number of aryl methyl sites for hydroxylation is 1. The highest BCUT2D eigenvalue weighted by atomic mass is 127. The summed E-state index contributed by atoms with van der Waals surface area (Å²) in [5.41, 5.74) is 0.858. The number of anilines is 1. The molecule has 1 aromatic rings. The number of carbonyl (C=O) groups excluding carboxylic acids is 2. The van der Waals surface area contributed by atoms with Crippen LogP contribution in [0.25, 0.3) is 0 Å². The van der Waals surface area contributed by atoms with Crippen molar-refractivity contribution in [1.82, 2.24) is 20.5 Å². The summed E-state index contributed by atoms with van der Waals surface area (Å²) in [6.07, 6.45) is 1.71. The molecule has 1 atom stereocenters. The second kappa shape index (κ2) is 12.5. The van der Waals surface area contributed by atoms with Gasteiger partial charge in [-0.3, -0.25) is 14.6 Å². The summed E-state index contributed by atoms with van der Waals surface area (Å²) < 4.78 is 0. The van der Waals surface area contributed by atoms with Crippen LogP contribution in [-0.4, -0.2) is 59.9 Å². The predicted octanol–water partition coefficient (Wildman–Crippen LogP) is 1.90. The van der Waals surface area contributed by atoms with E-state index < -0.39 is 0 Å². The maximum Gasteiger partial charge on any atom is 0.227 e. The number of hydrogen-bond acceptors (Lipinski definition) is 4. The van der Waals surface area contributed by atoms with Crippen molar-refractivity contribution in [2.45, 2.75) is 46.1 Å². The molecule has 0 spiro atoms. The third-order valence-electron chi connectivity index (χ3n) is 4.29. The molecule has 1 aliphatic rings. The summed E-state index contributed by atoms with van der Waals surface area (Å²) in [6, 6.07) is 5.69. The Labute approximate surface area is 184 Å². The van der Waals surface area contributed by atoms with Gasteiger partial charge in [0, 0.05) is 44.2 Å². The molecule has 1 aromatic heterocycles. The van der Waals surface area contributed by atoms with Gasteiger partial charge in [-0.1, -0.05) is 13.0 Å². The minimum atomic E-state index is -0.117. The van der Waals surface area contributed by atoms with Gasteiger partial charge in [0.15, 0.2) is 5.96 Å². The third kappa shape index (κ3) is 7.99. The van der Waals surface area contributed by atoms with Crippen LogP contribution in [0.15, 0.2) is 23.2 Å². The van der Waals surface area contributed by atoms with Crippen molar-refractivity contribution in [3.63, 3.8) is 0 Å². The van der Waals surface area contributed by atoms with Crippen molar-refractivity contribution < 1.29 is 9.59 Å². The first-order valence-corrected chi connectivity index (χ1v) is 9.58. The molecule has 156 valence electrons.